The van der Waals surface area contributed by atoms with Crippen LogP contribution >= 0.6 is 11.6 Å². The second-order valence-corrected chi connectivity index (χ2v) is 4.93. The van der Waals surface area contributed by atoms with Crippen LogP contribution in [0.5, 0.6) is 0 Å². The summed E-state index contributed by atoms with van der Waals surface area (Å²) < 4.78 is 0. The molecule has 0 spiro atoms. The number of hydrogen-bond donors (Lipinski definition) is 0. The van der Waals surface area contributed by atoms with Gasteiger partial charge in [-0.3, -0.25) is 0 Å². The van der Waals surface area contributed by atoms with E-state index in [1.807, 2.05) is 13.0 Å². The number of hydrogen-bond acceptors (Lipinski definition) is 3. The fourth-order valence-corrected chi connectivity index (χ4v) is 2.21. The quantitative estimate of drug-likeness (QED) is 0.702. The largest absolute Gasteiger partial charge is 0.356 e. The van der Waals surface area contributed by atoms with Gasteiger partial charge in [0.15, 0.2) is 0 Å². The molecule has 0 radical (unpaired) electrons. The monoisotopic (exact) mass is 269 g/mol. The molecule has 4 heteroatoms. The first-order valence-corrected chi connectivity index (χ1v) is 7.30. The van der Waals surface area contributed by atoms with Gasteiger partial charge in [-0.25, -0.2) is 9.97 Å². The molecule has 0 atom stereocenters. The lowest BCUT2D eigenvalue weighted by Gasteiger charge is -2.26. The van der Waals surface area contributed by atoms with Crippen molar-refractivity contribution in [2.45, 2.75) is 47.0 Å². The summed E-state index contributed by atoms with van der Waals surface area (Å²) >= 11 is 6.06. The minimum atomic E-state index is 0.542. The third kappa shape index (κ3) is 4.13. The zero-order valence-corrected chi connectivity index (χ0v) is 12.7. The van der Waals surface area contributed by atoms with Crippen molar-refractivity contribution in [2.24, 2.45) is 5.92 Å². The number of halogens is 1. The lowest BCUT2D eigenvalue weighted by Crippen LogP contribution is -2.30. The summed E-state index contributed by atoms with van der Waals surface area (Å²) in [5, 5.41) is 0.542. The third-order valence-electron chi connectivity index (χ3n) is 3.38. The summed E-state index contributed by atoms with van der Waals surface area (Å²) in [6.45, 7) is 10.7. The Labute approximate surface area is 116 Å². The maximum atomic E-state index is 6.06. The molecule has 0 aliphatic carbocycles. The van der Waals surface area contributed by atoms with Crippen molar-refractivity contribution in [1.29, 1.82) is 0 Å². The molecule has 0 amide bonds. The molecule has 0 aliphatic heterocycles. The molecule has 1 aromatic rings. The molecule has 0 aromatic carbocycles. The molecular weight excluding hydrogens is 246 g/mol. The summed E-state index contributed by atoms with van der Waals surface area (Å²) in [6, 6.07) is 1.87. The van der Waals surface area contributed by atoms with Crippen LogP contribution in [0, 0.1) is 5.92 Å². The molecule has 1 aromatic heterocycles. The number of aryl methyl sites for hydroxylation is 1. The molecule has 0 unspecified atom stereocenters. The minimum Gasteiger partial charge on any atom is -0.356 e. The van der Waals surface area contributed by atoms with Gasteiger partial charge in [0, 0.05) is 25.6 Å². The van der Waals surface area contributed by atoms with Crippen molar-refractivity contribution >= 4 is 17.4 Å². The Hall–Kier alpha value is -0.830. The first kappa shape index (κ1) is 15.2. The van der Waals surface area contributed by atoms with E-state index in [0.717, 1.165) is 31.2 Å². The molecule has 18 heavy (non-hydrogen) atoms. The number of nitrogens with zero attached hydrogens (tertiary/aromatic N) is 3. The SMILES string of the molecule is CCc1nc(Cl)cc(N(CC)CC(CC)CC)n1. The molecule has 0 fully saturated rings. The number of anilines is 1. The van der Waals surface area contributed by atoms with Crippen molar-refractivity contribution in [3.63, 3.8) is 0 Å². The van der Waals surface area contributed by atoms with Gasteiger partial charge in [0.1, 0.15) is 16.8 Å². The van der Waals surface area contributed by atoms with E-state index in [0.29, 0.717) is 11.1 Å². The Kier molecular flexibility index (Phi) is 6.41. The highest BCUT2D eigenvalue weighted by Gasteiger charge is 2.13. The zero-order chi connectivity index (χ0) is 13.5. The van der Waals surface area contributed by atoms with E-state index in [4.69, 9.17) is 11.6 Å². The highest BCUT2D eigenvalue weighted by molar-refractivity contribution is 6.29. The van der Waals surface area contributed by atoms with Gasteiger partial charge in [-0.15, -0.1) is 0 Å². The number of rotatable bonds is 7. The summed E-state index contributed by atoms with van der Waals surface area (Å²) in [6.07, 6.45) is 3.22. The summed E-state index contributed by atoms with van der Waals surface area (Å²) in [5.41, 5.74) is 0. The van der Waals surface area contributed by atoms with Crippen LogP contribution < -0.4 is 4.90 Å². The molecule has 0 saturated carbocycles. The van der Waals surface area contributed by atoms with Gasteiger partial charge >= 0.3 is 0 Å². The van der Waals surface area contributed by atoms with Crippen LogP contribution in [0.25, 0.3) is 0 Å². The summed E-state index contributed by atoms with van der Waals surface area (Å²) in [5.74, 6) is 2.49. The predicted octanol–water partition coefficient (Wildman–Crippen LogP) is 3.95. The Balaban J connectivity index is 2.90. The van der Waals surface area contributed by atoms with Gasteiger partial charge in [-0.05, 0) is 12.8 Å². The highest BCUT2D eigenvalue weighted by atomic mass is 35.5. The molecule has 3 nitrogen and oxygen atoms in total. The average Bonchev–Trinajstić information content (AvgIpc) is 2.39. The Morgan fingerprint density at radius 1 is 1.17 bits per heavy atom. The van der Waals surface area contributed by atoms with E-state index in [1.165, 1.54) is 12.8 Å². The first-order chi connectivity index (χ1) is 8.64. The van der Waals surface area contributed by atoms with Crippen LogP contribution in [0.3, 0.4) is 0 Å². The van der Waals surface area contributed by atoms with Gasteiger partial charge in [-0.2, -0.15) is 0 Å². The molecule has 1 heterocycles. The lowest BCUT2D eigenvalue weighted by atomic mass is 10.0. The molecule has 1 rings (SSSR count). The second-order valence-electron chi connectivity index (χ2n) is 4.54. The van der Waals surface area contributed by atoms with Crippen molar-refractivity contribution in [3.8, 4) is 0 Å². The summed E-state index contributed by atoms with van der Waals surface area (Å²) in [4.78, 5) is 11.1. The maximum Gasteiger partial charge on any atom is 0.134 e. The minimum absolute atomic E-state index is 0.542. The molecule has 0 aliphatic rings. The van der Waals surface area contributed by atoms with Crippen molar-refractivity contribution in [2.75, 3.05) is 18.0 Å². The Bertz CT molecular complexity index is 364. The topological polar surface area (TPSA) is 29.0 Å². The Morgan fingerprint density at radius 3 is 2.33 bits per heavy atom. The molecule has 0 bridgehead atoms. The molecular formula is C14H24ClN3. The van der Waals surface area contributed by atoms with Crippen LogP contribution in [0.1, 0.15) is 46.4 Å². The maximum absolute atomic E-state index is 6.06. The van der Waals surface area contributed by atoms with Crippen LogP contribution in [0.15, 0.2) is 6.07 Å². The second kappa shape index (κ2) is 7.57. The molecule has 102 valence electrons. The van der Waals surface area contributed by atoms with Crippen molar-refractivity contribution < 1.29 is 0 Å². The Morgan fingerprint density at radius 2 is 1.83 bits per heavy atom. The fourth-order valence-electron chi connectivity index (χ4n) is 2.01. The van der Waals surface area contributed by atoms with Crippen molar-refractivity contribution in [1.82, 2.24) is 9.97 Å². The predicted molar refractivity (Wildman–Crippen MR) is 78.4 cm³/mol. The zero-order valence-electron chi connectivity index (χ0n) is 11.9. The standard InChI is InChI=1S/C14H24ClN3/c1-5-11(6-2)10-18(8-4)14-9-12(15)16-13(7-3)17-14/h9,11H,5-8,10H2,1-4H3. The fraction of sp³-hybridized carbons (Fsp3) is 0.714. The van der Waals surface area contributed by atoms with Crippen molar-refractivity contribution in [3.05, 3.63) is 17.0 Å². The van der Waals surface area contributed by atoms with Crippen LogP contribution in [-0.2, 0) is 6.42 Å². The first-order valence-electron chi connectivity index (χ1n) is 6.92. The van der Waals surface area contributed by atoms with Crippen LogP contribution in [0.4, 0.5) is 5.82 Å². The van der Waals surface area contributed by atoms with Gasteiger partial charge in [0.25, 0.3) is 0 Å². The van der Waals surface area contributed by atoms with E-state index in [2.05, 4.69) is 35.6 Å². The average molecular weight is 270 g/mol. The van der Waals surface area contributed by atoms with E-state index in [-0.39, 0.29) is 0 Å². The normalized spacial score (nSPS) is 11.0. The molecule has 0 N–H and O–H groups in total. The summed E-state index contributed by atoms with van der Waals surface area (Å²) in [7, 11) is 0. The van der Waals surface area contributed by atoms with E-state index in [9.17, 15) is 0 Å². The van der Waals surface area contributed by atoms with Gasteiger partial charge in [-0.1, -0.05) is 45.2 Å². The third-order valence-corrected chi connectivity index (χ3v) is 3.58. The van der Waals surface area contributed by atoms with E-state index in [1.54, 1.807) is 0 Å². The number of aromatic nitrogens is 2. The lowest BCUT2D eigenvalue weighted by molar-refractivity contribution is 0.484. The van der Waals surface area contributed by atoms with Crippen LogP contribution in [0.2, 0.25) is 5.15 Å². The van der Waals surface area contributed by atoms with Gasteiger partial charge in [0.05, 0.1) is 0 Å². The van der Waals surface area contributed by atoms with Gasteiger partial charge < -0.3 is 4.90 Å². The van der Waals surface area contributed by atoms with E-state index >= 15 is 0 Å². The van der Waals surface area contributed by atoms with Gasteiger partial charge in [0.2, 0.25) is 0 Å². The smallest absolute Gasteiger partial charge is 0.134 e. The van der Waals surface area contributed by atoms with Crippen LogP contribution in [-0.4, -0.2) is 23.1 Å². The van der Waals surface area contributed by atoms with E-state index < -0.39 is 0 Å². The highest BCUT2D eigenvalue weighted by Crippen LogP contribution is 2.19. The molecule has 0 saturated heterocycles.